The molecule has 0 saturated heterocycles. The first-order chi connectivity index (χ1) is 8.54. The van der Waals surface area contributed by atoms with E-state index in [0.29, 0.717) is 5.52 Å². The van der Waals surface area contributed by atoms with Crippen LogP contribution in [0.2, 0.25) is 5.15 Å². The zero-order valence-electron chi connectivity index (χ0n) is 9.38. The number of carboxylic acid groups (broad SMARTS) is 1. The van der Waals surface area contributed by atoms with Gasteiger partial charge in [0.2, 0.25) is 0 Å². The smallest absolute Gasteiger partial charge is 0.358 e. The van der Waals surface area contributed by atoms with Crippen LogP contribution >= 0.6 is 11.6 Å². The largest absolute Gasteiger partial charge is 0.481 e. The lowest BCUT2D eigenvalue weighted by atomic mass is 10.3. The second kappa shape index (κ2) is 4.66. The third-order valence-electron chi connectivity index (χ3n) is 2.37. The number of hydrogen-bond acceptors (Lipinski definition) is 4. The molecule has 0 bridgehead atoms. The van der Waals surface area contributed by atoms with Gasteiger partial charge in [-0.05, 0) is 12.1 Å². The minimum Gasteiger partial charge on any atom is -0.481 e. The van der Waals surface area contributed by atoms with E-state index in [1.54, 1.807) is 18.2 Å². The Hall–Kier alpha value is -2.08. The molecule has 0 saturated carbocycles. The van der Waals surface area contributed by atoms with E-state index in [4.69, 9.17) is 16.7 Å². The quantitative estimate of drug-likeness (QED) is 0.672. The summed E-state index contributed by atoms with van der Waals surface area (Å²) in [5.41, 5.74) is 0.474. The monoisotopic (exact) mass is 268 g/mol. The highest BCUT2D eigenvalue weighted by Gasteiger charge is 2.20. The summed E-state index contributed by atoms with van der Waals surface area (Å²) in [5, 5.41) is 9.09. The van der Waals surface area contributed by atoms with Gasteiger partial charge in [-0.1, -0.05) is 17.7 Å². The Labute approximate surface area is 107 Å². The van der Waals surface area contributed by atoms with Crippen molar-refractivity contribution in [2.75, 3.05) is 7.11 Å². The van der Waals surface area contributed by atoms with Crippen LogP contribution in [0.5, 0.6) is 0 Å². The average Bonchev–Trinajstić information content (AvgIpc) is 2.68. The van der Waals surface area contributed by atoms with Crippen molar-refractivity contribution in [1.29, 1.82) is 0 Å². The van der Waals surface area contributed by atoms with Crippen LogP contribution in [-0.2, 0) is 16.0 Å². The summed E-state index contributed by atoms with van der Waals surface area (Å²) in [6.45, 7) is 0. The van der Waals surface area contributed by atoms with Crippen molar-refractivity contribution >= 4 is 29.1 Å². The summed E-state index contributed by atoms with van der Waals surface area (Å²) in [4.78, 5) is 26.3. The SMILES string of the molecule is COC(=O)c1nc(CC(=O)O)n2c(Cl)cccc12. The average molecular weight is 269 g/mol. The van der Waals surface area contributed by atoms with E-state index in [9.17, 15) is 9.59 Å². The molecule has 0 aromatic carbocycles. The predicted molar refractivity (Wildman–Crippen MR) is 62.9 cm³/mol. The van der Waals surface area contributed by atoms with Crippen molar-refractivity contribution in [2.45, 2.75) is 6.42 Å². The molecular formula is C11H9ClN2O4. The molecular weight excluding hydrogens is 260 g/mol. The zero-order valence-corrected chi connectivity index (χ0v) is 10.1. The number of imidazole rings is 1. The molecule has 0 atom stereocenters. The van der Waals surface area contributed by atoms with E-state index in [-0.39, 0.29) is 23.1 Å². The Morgan fingerprint density at radius 2 is 2.22 bits per heavy atom. The Kier molecular flexibility index (Phi) is 3.20. The first-order valence-electron chi connectivity index (χ1n) is 5.00. The van der Waals surface area contributed by atoms with Gasteiger partial charge in [-0.25, -0.2) is 9.78 Å². The molecule has 6 nitrogen and oxygen atoms in total. The van der Waals surface area contributed by atoms with Gasteiger partial charge in [0.05, 0.1) is 12.6 Å². The summed E-state index contributed by atoms with van der Waals surface area (Å²) in [6.07, 6.45) is -0.331. The van der Waals surface area contributed by atoms with Crippen molar-refractivity contribution in [3.05, 3.63) is 34.9 Å². The van der Waals surface area contributed by atoms with Crippen LogP contribution in [0, 0.1) is 0 Å². The number of aromatic nitrogens is 2. The number of carbonyl (C=O) groups excluding carboxylic acids is 1. The number of fused-ring (bicyclic) bond motifs is 1. The van der Waals surface area contributed by atoms with E-state index in [2.05, 4.69) is 9.72 Å². The minimum atomic E-state index is -1.06. The number of halogens is 1. The number of nitrogens with zero attached hydrogens (tertiary/aromatic N) is 2. The molecule has 7 heteroatoms. The maximum Gasteiger partial charge on any atom is 0.358 e. The minimum absolute atomic E-state index is 0.0521. The molecule has 18 heavy (non-hydrogen) atoms. The molecule has 2 aromatic heterocycles. The summed E-state index contributed by atoms with van der Waals surface area (Å²) in [7, 11) is 1.23. The number of carbonyl (C=O) groups is 2. The van der Waals surface area contributed by atoms with Gasteiger partial charge in [-0.2, -0.15) is 0 Å². The summed E-state index contributed by atoms with van der Waals surface area (Å²) in [5.74, 6) is -1.51. The van der Waals surface area contributed by atoms with E-state index in [1.165, 1.54) is 11.5 Å². The highest BCUT2D eigenvalue weighted by Crippen LogP contribution is 2.20. The van der Waals surface area contributed by atoms with Gasteiger partial charge in [0.25, 0.3) is 0 Å². The van der Waals surface area contributed by atoms with Crippen molar-refractivity contribution in [1.82, 2.24) is 9.38 Å². The lowest BCUT2D eigenvalue weighted by molar-refractivity contribution is -0.136. The third-order valence-corrected chi connectivity index (χ3v) is 2.67. The van der Waals surface area contributed by atoms with Gasteiger partial charge < -0.3 is 9.84 Å². The first kappa shape index (κ1) is 12.4. The van der Waals surface area contributed by atoms with Crippen LogP contribution in [0.15, 0.2) is 18.2 Å². The van der Waals surface area contributed by atoms with E-state index in [0.717, 1.165) is 0 Å². The van der Waals surface area contributed by atoms with Gasteiger partial charge in [-0.3, -0.25) is 9.20 Å². The fourth-order valence-corrected chi connectivity index (χ4v) is 1.93. The Morgan fingerprint density at radius 3 is 2.83 bits per heavy atom. The predicted octanol–water partition coefficient (Wildman–Crippen LogP) is 1.40. The summed E-state index contributed by atoms with van der Waals surface area (Å²) < 4.78 is 6.02. The summed E-state index contributed by atoms with van der Waals surface area (Å²) in [6, 6.07) is 4.86. The number of carboxylic acids is 1. The van der Waals surface area contributed by atoms with Crippen LogP contribution in [0.1, 0.15) is 16.3 Å². The third kappa shape index (κ3) is 2.02. The van der Waals surface area contributed by atoms with Gasteiger partial charge >= 0.3 is 11.9 Å². The molecule has 0 unspecified atom stereocenters. The van der Waals surface area contributed by atoms with Crippen LogP contribution in [0.4, 0.5) is 0 Å². The molecule has 2 heterocycles. The number of hydrogen-bond donors (Lipinski definition) is 1. The van der Waals surface area contributed by atoms with E-state index < -0.39 is 11.9 Å². The molecule has 1 N–H and O–H groups in total. The highest BCUT2D eigenvalue weighted by atomic mass is 35.5. The molecule has 0 radical (unpaired) electrons. The first-order valence-corrected chi connectivity index (χ1v) is 5.38. The highest BCUT2D eigenvalue weighted by molar-refractivity contribution is 6.30. The Balaban J connectivity index is 2.71. The summed E-state index contributed by atoms with van der Waals surface area (Å²) >= 11 is 5.98. The number of esters is 1. The van der Waals surface area contributed by atoms with Crippen molar-refractivity contribution in [3.63, 3.8) is 0 Å². The number of rotatable bonds is 3. The maximum atomic E-state index is 11.5. The number of aliphatic carboxylic acids is 1. The van der Waals surface area contributed by atoms with Crippen molar-refractivity contribution < 1.29 is 19.4 Å². The van der Waals surface area contributed by atoms with E-state index >= 15 is 0 Å². The van der Waals surface area contributed by atoms with Gasteiger partial charge in [-0.15, -0.1) is 0 Å². The molecule has 2 rings (SSSR count). The topological polar surface area (TPSA) is 80.9 Å². The molecule has 0 amide bonds. The van der Waals surface area contributed by atoms with E-state index in [1.807, 2.05) is 0 Å². The molecule has 0 aliphatic rings. The second-order valence-corrected chi connectivity index (χ2v) is 3.90. The lowest BCUT2D eigenvalue weighted by Crippen LogP contribution is -2.05. The van der Waals surface area contributed by atoms with Gasteiger partial charge in [0, 0.05) is 0 Å². The van der Waals surface area contributed by atoms with Crippen LogP contribution in [-0.4, -0.2) is 33.5 Å². The zero-order chi connectivity index (χ0) is 13.3. The molecule has 2 aromatic rings. The normalized spacial score (nSPS) is 10.6. The molecule has 0 spiro atoms. The number of pyridine rings is 1. The lowest BCUT2D eigenvalue weighted by Gasteiger charge is -2.01. The van der Waals surface area contributed by atoms with Crippen LogP contribution < -0.4 is 0 Å². The van der Waals surface area contributed by atoms with Crippen molar-refractivity contribution in [2.24, 2.45) is 0 Å². The number of ether oxygens (including phenoxy) is 1. The maximum absolute atomic E-state index is 11.5. The standard InChI is InChI=1S/C11H9ClN2O4/c1-18-11(17)10-6-3-2-4-7(12)14(6)8(13-10)5-9(15)16/h2-4H,5H2,1H3,(H,15,16). The van der Waals surface area contributed by atoms with Gasteiger partial charge in [0.1, 0.15) is 17.4 Å². The Bertz CT molecular complexity index is 635. The second-order valence-electron chi connectivity index (χ2n) is 3.51. The molecule has 0 fully saturated rings. The Morgan fingerprint density at radius 1 is 1.50 bits per heavy atom. The fourth-order valence-electron chi connectivity index (χ4n) is 1.67. The fraction of sp³-hybridized carbons (Fsp3) is 0.182. The van der Waals surface area contributed by atoms with Crippen LogP contribution in [0.25, 0.3) is 5.52 Å². The van der Waals surface area contributed by atoms with Crippen molar-refractivity contribution in [3.8, 4) is 0 Å². The number of methoxy groups -OCH3 is 1. The molecule has 94 valence electrons. The van der Waals surface area contributed by atoms with Crippen LogP contribution in [0.3, 0.4) is 0 Å². The molecule has 0 aliphatic heterocycles. The molecule has 0 aliphatic carbocycles. The van der Waals surface area contributed by atoms with Gasteiger partial charge in [0.15, 0.2) is 5.69 Å².